The van der Waals surface area contributed by atoms with E-state index in [1.807, 2.05) is 0 Å². The molecule has 2 saturated carbocycles. The monoisotopic (exact) mass is 777 g/mol. The van der Waals surface area contributed by atoms with E-state index in [2.05, 4.69) is 11.6 Å². The lowest BCUT2D eigenvalue weighted by Gasteiger charge is -2.45. The van der Waals surface area contributed by atoms with Crippen LogP contribution >= 0.6 is 0 Å². The number of benzene rings is 1. The Morgan fingerprint density at radius 3 is 1.91 bits per heavy atom. The van der Waals surface area contributed by atoms with Crippen molar-refractivity contribution in [1.29, 1.82) is 0 Å². The fourth-order valence-corrected chi connectivity index (χ4v) is 8.24. The summed E-state index contributed by atoms with van der Waals surface area (Å²) in [7, 11) is 0. The number of ether oxygens (including phenoxy) is 7. The number of epoxide rings is 1. The number of fused-ring (bicyclic) bond motifs is 2. The molecule has 1 saturated heterocycles. The quantitative estimate of drug-likeness (QED) is 0.160. The Labute approximate surface area is 324 Å². The Balaban J connectivity index is 1.82. The van der Waals surface area contributed by atoms with Gasteiger partial charge in [0.05, 0.1) is 29.3 Å². The molecule has 1 aliphatic heterocycles. The van der Waals surface area contributed by atoms with Gasteiger partial charge in [-0.3, -0.25) is 29.0 Å². The van der Waals surface area contributed by atoms with Crippen molar-refractivity contribution in [2.24, 2.45) is 23.2 Å². The molecule has 300 valence electrons. The normalized spacial score (nSPS) is 32.1. The number of rotatable bonds is 8. The first-order chi connectivity index (χ1) is 26.3. The number of carbonyl (C=O) groups is 7. The van der Waals surface area contributed by atoms with Crippen molar-refractivity contribution in [2.45, 2.75) is 110 Å². The largest absolute Gasteiger partial charge is 0.462 e. The van der Waals surface area contributed by atoms with Crippen LogP contribution in [-0.4, -0.2) is 94.9 Å². The third kappa shape index (κ3) is 8.37. The zero-order valence-electron chi connectivity index (χ0n) is 32.5. The number of pyridine rings is 1. The second-order valence-electron chi connectivity index (χ2n) is 15.2. The first kappa shape index (κ1) is 41.7. The summed E-state index contributed by atoms with van der Waals surface area (Å²) in [5.74, 6) is -8.98. The second kappa shape index (κ2) is 16.3. The molecule has 56 heavy (non-hydrogen) atoms. The molecule has 15 nitrogen and oxygen atoms in total. The number of esters is 6. The van der Waals surface area contributed by atoms with Crippen LogP contribution in [0.15, 0.2) is 67.0 Å². The molecule has 11 atom stereocenters. The fraction of sp³-hybridized carbons (Fsp3) is 0.512. The number of hydrogen-bond donors (Lipinski definition) is 0. The number of nitrogens with zero attached hydrogens (tertiary/aromatic N) is 1. The Morgan fingerprint density at radius 2 is 1.34 bits per heavy atom. The Bertz CT molecular complexity index is 1880. The highest BCUT2D eigenvalue weighted by molar-refractivity contribution is 5.93. The molecule has 0 unspecified atom stereocenters. The Morgan fingerprint density at radius 1 is 0.750 bits per heavy atom. The lowest BCUT2D eigenvalue weighted by atomic mass is 9.69. The van der Waals surface area contributed by atoms with Crippen LogP contribution in [0.5, 0.6) is 0 Å². The maximum absolute atomic E-state index is 15.0. The predicted molar refractivity (Wildman–Crippen MR) is 193 cm³/mol. The molecule has 1 aromatic carbocycles. The molecular formula is C41H47NO14. The molecule has 0 amide bonds. The average molecular weight is 778 g/mol. The van der Waals surface area contributed by atoms with Crippen LogP contribution in [0.1, 0.15) is 82.5 Å². The Kier molecular flexibility index (Phi) is 12.2. The molecule has 1 aromatic heterocycles. The van der Waals surface area contributed by atoms with Crippen LogP contribution < -0.4 is 0 Å². The van der Waals surface area contributed by atoms with Gasteiger partial charge in [0.1, 0.15) is 12.2 Å². The van der Waals surface area contributed by atoms with Crippen molar-refractivity contribution in [3.63, 3.8) is 0 Å². The summed E-state index contributed by atoms with van der Waals surface area (Å²) in [5.41, 5.74) is -3.58. The van der Waals surface area contributed by atoms with Gasteiger partial charge in [-0.2, -0.15) is 0 Å². The van der Waals surface area contributed by atoms with E-state index < -0.39 is 113 Å². The van der Waals surface area contributed by atoms with Crippen molar-refractivity contribution in [3.05, 3.63) is 78.1 Å². The van der Waals surface area contributed by atoms with Crippen molar-refractivity contribution in [1.82, 2.24) is 4.98 Å². The Hall–Kier alpha value is -5.44. The number of Topliss-reactive ketones (excluding diaryl/α,β-unsaturated/α-hetero) is 1. The van der Waals surface area contributed by atoms with Gasteiger partial charge in [-0.15, -0.1) is 0 Å². The number of carbonyl (C=O) groups excluding carboxylic acids is 7. The number of ketones is 1. The van der Waals surface area contributed by atoms with Crippen molar-refractivity contribution in [2.75, 3.05) is 0 Å². The molecule has 0 radical (unpaired) electrons. The molecule has 0 spiro atoms. The molecular weight excluding hydrogens is 730 g/mol. The second-order valence-corrected chi connectivity index (χ2v) is 15.2. The first-order valence-corrected chi connectivity index (χ1v) is 18.3. The highest BCUT2D eigenvalue weighted by Crippen LogP contribution is 2.54. The van der Waals surface area contributed by atoms with Gasteiger partial charge in [0.2, 0.25) is 0 Å². The van der Waals surface area contributed by atoms with Gasteiger partial charge < -0.3 is 33.2 Å². The summed E-state index contributed by atoms with van der Waals surface area (Å²) in [4.78, 5) is 98.8. The van der Waals surface area contributed by atoms with E-state index in [0.717, 1.165) is 27.7 Å². The van der Waals surface area contributed by atoms with E-state index >= 15 is 4.79 Å². The minimum absolute atomic E-state index is 0.0374. The van der Waals surface area contributed by atoms with Gasteiger partial charge in [-0.25, -0.2) is 9.59 Å². The van der Waals surface area contributed by atoms with Gasteiger partial charge >= 0.3 is 35.8 Å². The third-order valence-corrected chi connectivity index (χ3v) is 10.6. The minimum Gasteiger partial charge on any atom is -0.462 e. The van der Waals surface area contributed by atoms with E-state index in [-0.39, 0.29) is 23.1 Å². The van der Waals surface area contributed by atoms with Crippen LogP contribution in [0.25, 0.3) is 0 Å². The maximum Gasteiger partial charge on any atom is 0.340 e. The van der Waals surface area contributed by atoms with Gasteiger partial charge in [-0.1, -0.05) is 52.5 Å². The molecule has 3 fully saturated rings. The molecule has 5 rings (SSSR count). The molecule has 0 bridgehead atoms. The first-order valence-electron chi connectivity index (χ1n) is 18.3. The van der Waals surface area contributed by atoms with Crippen LogP contribution in [0.3, 0.4) is 0 Å². The standard InChI is InChI=1S/C41H47NO14/c1-20-18-41(56-26(7)46)29(30(20)50-23(4)43)31(51-24(5)44)21(2)32(52-25(6)45)34(54-38(48)27-14-11-10-12-15-27)37(55-39(49)28-16-13-17-42-19-28)40(8,9)36-33(53-36)22(3)35(41)47/h10-17,19-20,22,29-34,36-37H,2,18H2,1,3-9H3/t20-,22+,29+,30-,31-,32-,33+,34+,36-,37-,41+/m0/s1. The van der Waals surface area contributed by atoms with Crippen LogP contribution in [0, 0.1) is 23.2 Å². The van der Waals surface area contributed by atoms with Crippen LogP contribution in [0.2, 0.25) is 0 Å². The number of aromatic nitrogens is 1. The molecule has 3 aliphatic rings. The van der Waals surface area contributed by atoms with Gasteiger partial charge in [-0.05, 0) is 30.2 Å². The third-order valence-electron chi connectivity index (χ3n) is 10.6. The topological polar surface area (TPSA) is 200 Å². The van der Waals surface area contributed by atoms with E-state index in [1.54, 1.807) is 45.9 Å². The SMILES string of the molecule is C=C1[C@H](OC(C)=O)[C@@H](OC(=O)c2ccccc2)[C@H](OC(=O)c2cccnc2)C(C)(C)[C@H]2O[C@@H]2[C@@H](C)C(=O)[C@@]2(OC(C)=O)C[C@H](C)[C@H](OC(C)=O)[C@@H]2[C@H]1OC(C)=O. The summed E-state index contributed by atoms with van der Waals surface area (Å²) in [5, 5.41) is 0. The van der Waals surface area contributed by atoms with E-state index in [9.17, 15) is 28.8 Å². The molecule has 2 aromatic rings. The summed E-state index contributed by atoms with van der Waals surface area (Å²) >= 11 is 0. The highest BCUT2D eigenvalue weighted by Gasteiger charge is 2.69. The minimum atomic E-state index is -2.10. The molecule has 15 heteroatoms. The summed E-state index contributed by atoms with van der Waals surface area (Å²) in [6.07, 6.45) is -7.17. The molecule has 2 aliphatic carbocycles. The smallest absolute Gasteiger partial charge is 0.340 e. The predicted octanol–water partition coefficient (Wildman–Crippen LogP) is 4.15. The molecule has 0 N–H and O–H groups in total. The van der Waals surface area contributed by atoms with E-state index in [0.29, 0.717) is 0 Å². The van der Waals surface area contributed by atoms with E-state index in [4.69, 9.17) is 33.2 Å². The summed E-state index contributed by atoms with van der Waals surface area (Å²) < 4.78 is 42.4. The van der Waals surface area contributed by atoms with Crippen LogP contribution in [-0.2, 0) is 57.1 Å². The molecule has 2 heterocycles. The van der Waals surface area contributed by atoms with Crippen LogP contribution in [0.4, 0.5) is 0 Å². The average Bonchev–Trinajstić information content (AvgIpc) is 3.91. The summed E-state index contributed by atoms with van der Waals surface area (Å²) in [6.45, 7) is 15.2. The fourth-order valence-electron chi connectivity index (χ4n) is 8.24. The lowest BCUT2D eigenvalue weighted by Crippen LogP contribution is -2.60. The summed E-state index contributed by atoms with van der Waals surface area (Å²) in [6, 6.07) is 10.9. The van der Waals surface area contributed by atoms with Gasteiger partial charge in [0, 0.05) is 63.4 Å². The number of hydrogen-bond acceptors (Lipinski definition) is 15. The lowest BCUT2D eigenvalue weighted by molar-refractivity contribution is -0.188. The maximum atomic E-state index is 15.0. The van der Waals surface area contributed by atoms with Crippen molar-refractivity contribution in [3.8, 4) is 0 Å². The van der Waals surface area contributed by atoms with Crippen molar-refractivity contribution >= 4 is 41.6 Å². The zero-order chi connectivity index (χ0) is 41.3. The van der Waals surface area contributed by atoms with E-state index in [1.165, 1.54) is 36.7 Å². The van der Waals surface area contributed by atoms with Crippen molar-refractivity contribution < 1.29 is 66.7 Å². The highest BCUT2D eigenvalue weighted by atomic mass is 16.6. The van der Waals surface area contributed by atoms with Gasteiger partial charge in [0.25, 0.3) is 0 Å². The zero-order valence-corrected chi connectivity index (χ0v) is 32.5. The van der Waals surface area contributed by atoms with Gasteiger partial charge in [0.15, 0.2) is 29.7 Å².